The van der Waals surface area contributed by atoms with E-state index in [1.165, 1.54) is 17.0 Å². The third-order valence-electron chi connectivity index (χ3n) is 3.07. The molecule has 0 aliphatic carbocycles. The number of nitrogens with zero attached hydrogens (tertiary/aromatic N) is 1. The minimum atomic E-state index is -0.593. The summed E-state index contributed by atoms with van der Waals surface area (Å²) in [5.74, 6) is -0.106. The first-order valence-corrected chi connectivity index (χ1v) is 7.19. The largest absolute Gasteiger partial charge is 0.506 e. The van der Waals surface area contributed by atoms with Crippen molar-refractivity contribution in [1.29, 1.82) is 0 Å². The molecule has 23 heavy (non-hydrogen) atoms. The van der Waals surface area contributed by atoms with Gasteiger partial charge in [0, 0.05) is 6.07 Å². The minimum Gasteiger partial charge on any atom is -0.506 e. The number of alkyl carbamates (subject to hydrolysis) is 1. The lowest BCUT2D eigenvalue weighted by Crippen LogP contribution is -2.38. The minimum absolute atomic E-state index is 0.106. The molecule has 1 atom stereocenters. The van der Waals surface area contributed by atoms with E-state index in [0.29, 0.717) is 5.69 Å². The number of carbonyl (C=O) groups is 2. The van der Waals surface area contributed by atoms with Gasteiger partial charge >= 0.3 is 12.2 Å². The second-order valence-electron chi connectivity index (χ2n) is 6.24. The third-order valence-corrected chi connectivity index (χ3v) is 3.07. The number of nitrogens with one attached hydrogen (secondary N) is 1. The van der Waals surface area contributed by atoms with Gasteiger partial charge < -0.3 is 25.6 Å². The molecule has 1 aromatic carbocycles. The fourth-order valence-corrected chi connectivity index (χ4v) is 2.05. The number of cyclic esters (lactones) is 1. The van der Waals surface area contributed by atoms with Gasteiger partial charge in [0.05, 0.1) is 24.5 Å². The van der Waals surface area contributed by atoms with E-state index in [9.17, 15) is 14.7 Å². The summed E-state index contributed by atoms with van der Waals surface area (Å²) in [5, 5.41) is 12.2. The molecule has 4 N–H and O–H groups in total. The number of aromatic hydroxyl groups is 1. The van der Waals surface area contributed by atoms with Gasteiger partial charge in [-0.05, 0) is 32.9 Å². The van der Waals surface area contributed by atoms with Gasteiger partial charge in [-0.3, -0.25) is 4.90 Å². The van der Waals surface area contributed by atoms with E-state index >= 15 is 0 Å². The number of nitrogens with two attached hydrogens (primary N) is 1. The quantitative estimate of drug-likeness (QED) is 0.577. The molecular formula is C15H21N3O5. The van der Waals surface area contributed by atoms with E-state index in [1.807, 2.05) is 0 Å². The zero-order valence-electron chi connectivity index (χ0n) is 13.3. The van der Waals surface area contributed by atoms with Gasteiger partial charge in [-0.2, -0.15) is 0 Å². The van der Waals surface area contributed by atoms with E-state index in [4.69, 9.17) is 15.2 Å². The van der Waals surface area contributed by atoms with Crippen molar-refractivity contribution in [2.24, 2.45) is 0 Å². The highest BCUT2D eigenvalue weighted by Gasteiger charge is 2.33. The monoisotopic (exact) mass is 323 g/mol. The second-order valence-corrected chi connectivity index (χ2v) is 6.24. The normalized spacial score (nSPS) is 17.8. The van der Waals surface area contributed by atoms with Gasteiger partial charge in [0.15, 0.2) is 0 Å². The molecule has 0 spiro atoms. The number of carbonyl (C=O) groups excluding carboxylic acids is 2. The van der Waals surface area contributed by atoms with Crippen molar-refractivity contribution in [3.63, 3.8) is 0 Å². The Balaban J connectivity index is 1.92. The molecule has 1 saturated heterocycles. The Morgan fingerprint density at radius 3 is 2.83 bits per heavy atom. The Kier molecular flexibility index (Phi) is 4.53. The van der Waals surface area contributed by atoms with Gasteiger partial charge in [0.25, 0.3) is 0 Å². The summed E-state index contributed by atoms with van der Waals surface area (Å²) in [4.78, 5) is 24.9. The van der Waals surface area contributed by atoms with Crippen LogP contribution in [0.3, 0.4) is 0 Å². The lowest BCUT2D eigenvalue weighted by molar-refractivity contribution is 0.0496. The average Bonchev–Trinajstić information content (AvgIpc) is 2.79. The first-order chi connectivity index (χ1) is 10.7. The van der Waals surface area contributed by atoms with Gasteiger partial charge in [0.2, 0.25) is 0 Å². The smallest absolute Gasteiger partial charge is 0.414 e. The summed E-state index contributed by atoms with van der Waals surface area (Å²) < 4.78 is 10.3. The predicted octanol–water partition coefficient (Wildman–Crippen LogP) is 1.82. The van der Waals surface area contributed by atoms with Gasteiger partial charge in [-0.1, -0.05) is 0 Å². The van der Waals surface area contributed by atoms with Crippen LogP contribution in [-0.2, 0) is 9.47 Å². The summed E-state index contributed by atoms with van der Waals surface area (Å²) in [6, 6.07) is 4.50. The number of rotatable bonds is 3. The van der Waals surface area contributed by atoms with Crippen LogP contribution in [0.2, 0.25) is 0 Å². The van der Waals surface area contributed by atoms with Crippen molar-refractivity contribution >= 4 is 23.6 Å². The molecule has 8 heteroatoms. The molecule has 0 saturated carbocycles. The number of anilines is 2. The van der Waals surface area contributed by atoms with Crippen LogP contribution in [0.25, 0.3) is 0 Å². The molecule has 2 rings (SSSR count). The van der Waals surface area contributed by atoms with Crippen LogP contribution in [0.15, 0.2) is 18.2 Å². The Morgan fingerprint density at radius 1 is 1.52 bits per heavy atom. The SMILES string of the molecule is CC(C)(C)OC(=O)NCC1CN(c2ccc(N)c(O)c2)C(=O)O1. The van der Waals surface area contributed by atoms with Crippen LogP contribution in [0.5, 0.6) is 5.75 Å². The van der Waals surface area contributed by atoms with Crippen molar-refractivity contribution in [1.82, 2.24) is 5.32 Å². The maximum atomic E-state index is 11.9. The molecule has 0 bridgehead atoms. The molecule has 2 amide bonds. The third kappa shape index (κ3) is 4.41. The molecule has 0 radical (unpaired) electrons. The predicted molar refractivity (Wildman–Crippen MR) is 84.4 cm³/mol. The molecule has 126 valence electrons. The van der Waals surface area contributed by atoms with E-state index < -0.39 is 23.9 Å². The summed E-state index contributed by atoms with van der Waals surface area (Å²) in [7, 11) is 0. The molecule has 1 unspecified atom stereocenters. The van der Waals surface area contributed by atoms with Crippen LogP contribution < -0.4 is 16.0 Å². The average molecular weight is 323 g/mol. The number of hydrogen-bond donors (Lipinski definition) is 3. The van der Waals surface area contributed by atoms with Crippen molar-refractivity contribution in [3.05, 3.63) is 18.2 Å². The van der Waals surface area contributed by atoms with Crippen molar-refractivity contribution < 1.29 is 24.2 Å². The molecule has 1 aliphatic heterocycles. The molecule has 8 nitrogen and oxygen atoms in total. The maximum Gasteiger partial charge on any atom is 0.414 e. The van der Waals surface area contributed by atoms with Crippen molar-refractivity contribution in [3.8, 4) is 5.75 Å². The Labute approximate surface area is 134 Å². The van der Waals surface area contributed by atoms with Crippen molar-refractivity contribution in [2.45, 2.75) is 32.5 Å². The fourth-order valence-electron chi connectivity index (χ4n) is 2.05. The van der Waals surface area contributed by atoms with E-state index in [2.05, 4.69) is 5.32 Å². The number of nitrogen functional groups attached to an aromatic ring is 1. The molecular weight excluding hydrogens is 302 g/mol. The van der Waals surface area contributed by atoms with Crippen LogP contribution >= 0.6 is 0 Å². The topological polar surface area (TPSA) is 114 Å². The summed E-state index contributed by atoms with van der Waals surface area (Å²) in [6.45, 7) is 5.67. The van der Waals surface area contributed by atoms with Crippen LogP contribution in [0.1, 0.15) is 20.8 Å². The molecule has 0 aromatic heterocycles. The molecule has 1 heterocycles. The standard InChI is InChI=1S/C15H21N3O5/c1-15(2,3)23-13(20)17-7-10-8-18(14(21)22-10)9-4-5-11(16)12(19)6-9/h4-6,10,19H,7-8,16H2,1-3H3,(H,17,20). The van der Waals surface area contributed by atoms with E-state index in [-0.39, 0.29) is 24.5 Å². The Hall–Kier alpha value is -2.64. The summed E-state index contributed by atoms with van der Waals surface area (Å²) in [6.07, 6.45) is -1.63. The summed E-state index contributed by atoms with van der Waals surface area (Å²) >= 11 is 0. The lowest BCUT2D eigenvalue weighted by Gasteiger charge is -2.20. The number of hydrogen-bond acceptors (Lipinski definition) is 6. The number of phenols is 1. The van der Waals surface area contributed by atoms with Gasteiger partial charge in [0.1, 0.15) is 17.5 Å². The van der Waals surface area contributed by atoms with Crippen LogP contribution in [-0.4, -0.2) is 42.1 Å². The fraction of sp³-hybridized carbons (Fsp3) is 0.467. The van der Waals surface area contributed by atoms with Gasteiger partial charge in [-0.15, -0.1) is 0 Å². The highest BCUT2D eigenvalue weighted by atomic mass is 16.6. The molecule has 1 aliphatic rings. The number of phenolic OH excluding ortho intramolecular Hbond substituents is 1. The highest BCUT2D eigenvalue weighted by molar-refractivity contribution is 5.90. The molecule has 1 aromatic rings. The van der Waals surface area contributed by atoms with Crippen LogP contribution in [0.4, 0.5) is 21.0 Å². The number of benzene rings is 1. The lowest BCUT2D eigenvalue weighted by atomic mass is 10.2. The van der Waals surface area contributed by atoms with Crippen molar-refractivity contribution in [2.75, 3.05) is 23.7 Å². The van der Waals surface area contributed by atoms with Crippen LogP contribution in [0, 0.1) is 0 Å². The highest BCUT2D eigenvalue weighted by Crippen LogP contribution is 2.29. The summed E-state index contributed by atoms with van der Waals surface area (Å²) in [5.41, 5.74) is 5.64. The number of amides is 2. The van der Waals surface area contributed by atoms with E-state index in [0.717, 1.165) is 0 Å². The maximum absolute atomic E-state index is 11.9. The Bertz CT molecular complexity index is 612. The second kappa shape index (κ2) is 6.23. The van der Waals surface area contributed by atoms with Gasteiger partial charge in [-0.25, -0.2) is 9.59 Å². The molecule has 1 fully saturated rings. The zero-order chi connectivity index (χ0) is 17.2. The zero-order valence-corrected chi connectivity index (χ0v) is 13.3. The Morgan fingerprint density at radius 2 is 2.22 bits per heavy atom. The first-order valence-electron chi connectivity index (χ1n) is 7.19. The van der Waals surface area contributed by atoms with E-state index in [1.54, 1.807) is 26.8 Å². The first kappa shape index (κ1) is 16.7. The number of ether oxygens (including phenoxy) is 2.